The number of rotatable bonds is 6. The van der Waals surface area contributed by atoms with Crippen molar-refractivity contribution in [2.75, 3.05) is 27.2 Å². The lowest BCUT2D eigenvalue weighted by Crippen LogP contribution is -2.20. The van der Waals surface area contributed by atoms with Crippen LogP contribution in [0, 0.1) is 0 Å². The van der Waals surface area contributed by atoms with Gasteiger partial charge in [0, 0.05) is 16.3 Å². The number of nitrogens with one attached hydrogen (secondary N) is 1. The summed E-state index contributed by atoms with van der Waals surface area (Å²) in [6, 6.07) is 2.41. The van der Waals surface area contributed by atoms with Crippen LogP contribution >= 0.6 is 11.3 Å². The molecule has 0 spiro atoms. The number of nitrogens with zero attached hydrogens (tertiary/aromatic N) is 1. The van der Waals surface area contributed by atoms with Crippen LogP contribution in [0.2, 0.25) is 0 Å². The van der Waals surface area contributed by atoms with Crippen molar-refractivity contribution >= 4 is 11.3 Å². The van der Waals surface area contributed by atoms with E-state index in [1.807, 2.05) is 11.3 Å². The van der Waals surface area contributed by atoms with Crippen LogP contribution in [0.15, 0.2) is 6.07 Å². The number of aryl methyl sites for hydroxylation is 2. The molecule has 3 heteroatoms. The minimum Gasteiger partial charge on any atom is -0.312 e. The molecule has 1 aliphatic carbocycles. The van der Waals surface area contributed by atoms with Crippen molar-refractivity contribution in [2.45, 2.75) is 32.2 Å². The molecule has 0 radical (unpaired) electrons. The maximum atomic E-state index is 3.53. The lowest BCUT2D eigenvalue weighted by molar-refractivity contribution is 0.394. The Labute approximate surface area is 103 Å². The van der Waals surface area contributed by atoms with Crippen LogP contribution in [-0.4, -0.2) is 32.1 Å². The molecule has 1 aromatic rings. The summed E-state index contributed by atoms with van der Waals surface area (Å²) in [7, 11) is 4.26. The van der Waals surface area contributed by atoms with E-state index in [4.69, 9.17) is 0 Å². The van der Waals surface area contributed by atoms with E-state index in [9.17, 15) is 0 Å². The first-order valence-corrected chi connectivity index (χ1v) is 7.03. The summed E-state index contributed by atoms with van der Waals surface area (Å²) in [6.45, 7) is 3.36. The Hall–Kier alpha value is -0.380. The van der Waals surface area contributed by atoms with Gasteiger partial charge in [-0.15, -0.1) is 11.3 Å². The van der Waals surface area contributed by atoms with E-state index in [2.05, 4.69) is 30.4 Å². The Bertz CT molecular complexity index is 309. The van der Waals surface area contributed by atoms with Crippen LogP contribution < -0.4 is 5.32 Å². The lowest BCUT2D eigenvalue weighted by atomic mass is 10.2. The minimum absolute atomic E-state index is 1.06. The van der Waals surface area contributed by atoms with Gasteiger partial charge in [-0.1, -0.05) is 0 Å². The van der Waals surface area contributed by atoms with Gasteiger partial charge in [0.05, 0.1) is 0 Å². The topological polar surface area (TPSA) is 15.3 Å². The van der Waals surface area contributed by atoms with E-state index in [0.717, 1.165) is 13.1 Å². The van der Waals surface area contributed by atoms with Crippen molar-refractivity contribution in [3.8, 4) is 0 Å². The molecule has 2 nitrogen and oxygen atoms in total. The molecule has 0 saturated heterocycles. The third kappa shape index (κ3) is 3.30. The summed E-state index contributed by atoms with van der Waals surface area (Å²) >= 11 is 2.01. The molecule has 0 saturated carbocycles. The monoisotopic (exact) mass is 238 g/mol. The summed E-state index contributed by atoms with van der Waals surface area (Å²) in [5.74, 6) is 0. The summed E-state index contributed by atoms with van der Waals surface area (Å²) in [4.78, 5) is 5.40. The number of fused-ring (bicyclic) bond motifs is 1. The normalized spacial score (nSPS) is 14.7. The van der Waals surface area contributed by atoms with Crippen molar-refractivity contribution in [2.24, 2.45) is 0 Å². The van der Waals surface area contributed by atoms with Gasteiger partial charge in [0.25, 0.3) is 0 Å². The Balaban J connectivity index is 1.66. The molecular weight excluding hydrogens is 216 g/mol. The molecule has 1 aliphatic rings. The number of thiophene rings is 1. The molecule has 1 heterocycles. The molecule has 1 N–H and O–H groups in total. The predicted octanol–water partition coefficient (Wildman–Crippen LogP) is 2.28. The highest BCUT2D eigenvalue weighted by molar-refractivity contribution is 7.12. The summed E-state index contributed by atoms with van der Waals surface area (Å²) in [6.07, 6.45) is 5.24. The highest BCUT2D eigenvalue weighted by atomic mass is 32.1. The third-order valence-electron chi connectivity index (χ3n) is 3.06. The van der Waals surface area contributed by atoms with Gasteiger partial charge in [0.15, 0.2) is 0 Å². The highest BCUT2D eigenvalue weighted by Gasteiger charge is 2.14. The van der Waals surface area contributed by atoms with E-state index in [1.165, 1.54) is 37.1 Å². The standard InChI is InChI=1S/C13H22N2S/c1-15(2)8-4-7-14-10-12-9-11-5-3-6-13(11)16-12/h9,14H,3-8,10H2,1-2H3. The fourth-order valence-electron chi connectivity index (χ4n) is 2.21. The zero-order chi connectivity index (χ0) is 11.4. The number of hydrogen-bond acceptors (Lipinski definition) is 3. The predicted molar refractivity (Wildman–Crippen MR) is 71.2 cm³/mol. The van der Waals surface area contributed by atoms with Crippen LogP contribution in [0.25, 0.3) is 0 Å². The molecule has 0 aliphatic heterocycles. The highest BCUT2D eigenvalue weighted by Crippen LogP contribution is 2.30. The average molecular weight is 238 g/mol. The summed E-state index contributed by atoms with van der Waals surface area (Å²) in [5, 5.41) is 3.53. The van der Waals surface area contributed by atoms with Gasteiger partial charge in [0.1, 0.15) is 0 Å². The van der Waals surface area contributed by atoms with Gasteiger partial charge in [-0.3, -0.25) is 0 Å². The quantitative estimate of drug-likeness (QED) is 0.765. The van der Waals surface area contributed by atoms with Crippen molar-refractivity contribution in [3.05, 3.63) is 21.4 Å². The Kier molecular flexibility index (Phi) is 4.38. The van der Waals surface area contributed by atoms with E-state index >= 15 is 0 Å². The van der Waals surface area contributed by atoms with Gasteiger partial charge in [-0.05, 0) is 64.5 Å². The second-order valence-electron chi connectivity index (χ2n) is 4.85. The Morgan fingerprint density at radius 2 is 2.25 bits per heavy atom. The van der Waals surface area contributed by atoms with E-state index in [1.54, 1.807) is 10.4 Å². The van der Waals surface area contributed by atoms with Gasteiger partial charge in [-0.25, -0.2) is 0 Å². The summed E-state index contributed by atoms with van der Waals surface area (Å²) < 4.78 is 0. The van der Waals surface area contributed by atoms with Crippen LogP contribution in [-0.2, 0) is 19.4 Å². The van der Waals surface area contributed by atoms with Gasteiger partial charge in [0.2, 0.25) is 0 Å². The van der Waals surface area contributed by atoms with Crippen LogP contribution in [0.1, 0.15) is 28.2 Å². The maximum absolute atomic E-state index is 3.53. The second kappa shape index (κ2) is 5.80. The van der Waals surface area contributed by atoms with Gasteiger partial charge >= 0.3 is 0 Å². The van der Waals surface area contributed by atoms with Crippen molar-refractivity contribution in [1.82, 2.24) is 10.2 Å². The first-order valence-electron chi connectivity index (χ1n) is 6.21. The van der Waals surface area contributed by atoms with Crippen LogP contribution in [0.5, 0.6) is 0 Å². The molecule has 0 bridgehead atoms. The molecule has 1 aromatic heterocycles. The zero-order valence-electron chi connectivity index (χ0n) is 10.4. The second-order valence-corrected chi connectivity index (χ2v) is 6.07. The summed E-state index contributed by atoms with van der Waals surface area (Å²) in [5.41, 5.74) is 1.62. The molecule has 90 valence electrons. The first kappa shape index (κ1) is 12.1. The molecular formula is C13H22N2S. The van der Waals surface area contributed by atoms with E-state index in [-0.39, 0.29) is 0 Å². The largest absolute Gasteiger partial charge is 0.312 e. The van der Waals surface area contributed by atoms with Crippen LogP contribution in [0.4, 0.5) is 0 Å². The van der Waals surface area contributed by atoms with Crippen molar-refractivity contribution in [3.63, 3.8) is 0 Å². The lowest BCUT2D eigenvalue weighted by Gasteiger charge is -2.09. The smallest absolute Gasteiger partial charge is 0.0299 e. The van der Waals surface area contributed by atoms with Gasteiger partial charge < -0.3 is 10.2 Å². The SMILES string of the molecule is CN(C)CCCNCc1cc2c(s1)CCC2. The number of hydrogen-bond donors (Lipinski definition) is 1. The minimum atomic E-state index is 1.06. The first-order chi connectivity index (χ1) is 7.75. The molecule has 0 fully saturated rings. The average Bonchev–Trinajstić information content (AvgIpc) is 2.76. The van der Waals surface area contributed by atoms with Crippen LogP contribution in [0.3, 0.4) is 0 Å². The fraction of sp³-hybridized carbons (Fsp3) is 0.692. The Morgan fingerprint density at radius 3 is 3.00 bits per heavy atom. The molecule has 0 amide bonds. The van der Waals surface area contributed by atoms with Crippen molar-refractivity contribution in [1.29, 1.82) is 0 Å². The Morgan fingerprint density at radius 1 is 1.38 bits per heavy atom. The zero-order valence-corrected chi connectivity index (χ0v) is 11.2. The molecule has 0 aromatic carbocycles. The fourth-order valence-corrected chi connectivity index (χ4v) is 3.44. The molecule has 16 heavy (non-hydrogen) atoms. The van der Waals surface area contributed by atoms with Crippen molar-refractivity contribution < 1.29 is 0 Å². The third-order valence-corrected chi connectivity index (χ3v) is 4.29. The van der Waals surface area contributed by atoms with E-state index in [0.29, 0.717) is 0 Å². The maximum Gasteiger partial charge on any atom is 0.0299 e. The van der Waals surface area contributed by atoms with Gasteiger partial charge in [-0.2, -0.15) is 0 Å². The van der Waals surface area contributed by atoms with E-state index < -0.39 is 0 Å². The molecule has 0 unspecified atom stereocenters. The molecule has 0 atom stereocenters. The molecule has 2 rings (SSSR count).